The molecule has 0 aromatic rings. The summed E-state index contributed by atoms with van der Waals surface area (Å²) in [6.07, 6.45) is 5.62. The van der Waals surface area contributed by atoms with Crippen molar-refractivity contribution in [1.82, 2.24) is 10.2 Å². The first kappa shape index (κ1) is 10.4. The van der Waals surface area contributed by atoms with E-state index in [1.54, 1.807) is 0 Å². The summed E-state index contributed by atoms with van der Waals surface area (Å²) in [5.41, 5.74) is 0.828. The van der Waals surface area contributed by atoms with Crippen molar-refractivity contribution in [2.75, 3.05) is 19.6 Å². The van der Waals surface area contributed by atoms with Gasteiger partial charge in [0.25, 0.3) is 0 Å². The molecule has 0 atom stereocenters. The third kappa shape index (κ3) is 1.70. The van der Waals surface area contributed by atoms with Crippen molar-refractivity contribution in [3.8, 4) is 0 Å². The molecule has 2 heteroatoms. The van der Waals surface area contributed by atoms with Gasteiger partial charge in [0.2, 0.25) is 0 Å². The summed E-state index contributed by atoms with van der Waals surface area (Å²) in [4.78, 5) is 2.65. The number of hydrogen-bond donors (Lipinski definition) is 1. The maximum atomic E-state index is 3.81. The maximum absolute atomic E-state index is 3.81. The minimum Gasteiger partial charge on any atom is -0.308 e. The molecule has 2 rings (SSSR count). The molecule has 0 unspecified atom stereocenters. The molecule has 1 heterocycles. The van der Waals surface area contributed by atoms with Crippen molar-refractivity contribution in [2.24, 2.45) is 0 Å². The Morgan fingerprint density at radius 3 is 2.43 bits per heavy atom. The van der Waals surface area contributed by atoms with Gasteiger partial charge in [0.1, 0.15) is 0 Å². The molecule has 0 radical (unpaired) electrons. The zero-order valence-electron chi connectivity index (χ0n) is 9.90. The fourth-order valence-corrected chi connectivity index (χ4v) is 3.08. The minimum absolute atomic E-state index is 0.350. The highest BCUT2D eigenvalue weighted by molar-refractivity contribution is 5.03. The molecule has 1 N–H and O–H groups in total. The molecule has 1 aliphatic carbocycles. The molecule has 1 spiro atoms. The fraction of sp³-hybridized carbons (Fsp3) is 1.00. The number of likely N-dealkylation sites (N-methyl/N-ethyl adjacent to an activating group) is 1. The Kier molecular flexibility index (Phi) is 2.61. The van der Waals surface area contributed by atoms with E-state index in [-0.39, 0.29) is 0 Å². The van der Waals surface area contributed by atoms with E-state index in [0.717, 1.165) is 6.54 Å². The average Bonchev–Trinajstić information content (AvgIpc) is 2.59. The largest absolute Gasteiger partial charge is 0.308 e. The van der Waals surface area contributed by atoms with Gasteiger partial charge < -0.3 is 5.32 Å². The van der Waals surface area contributed by atoms with E-state index >= 15 is 0 Å². The molecule has 82 valence electrons. The monoisotopic (exact) mass is 196 g/mol. The van der Waals surface area contributed by atoms with Crippen LogP contribution in [0.5, 0.6) is 0 Å². The van der Waals surface area contributed by atoms with Crippen LogP contribution in [0.15, 0.2) is 0 Å². The van der Waals surface area contributed by atoms with Crippen molar-refractivity contribution in [1.29, 1.82) is 0 Å². The molecule has 1 aliphatic heterocycles. The van der Waals surface area contributed by atoms with Crippen molar-refractivity contribution in [3.05, 3.63) is 0 Å². The predicted octanol–water partition coefficient (Wildman–Crippen LogP) is 2.00. The van der Waals surface area contributed by atoms with E-state index in [1.807, 2.05) is 0 Å². The molecule has 2 nitrogen and oxygen atoms in total. The van der Waals surface area contributed by atoms with Crippen molar-refractivity contribution in [3.63, 3.8) is 0 Å². The second-order valence-electron chi connectivity index (χ2n) is 5.67. The van der Waals surface area contributed by atoms with Crippen LogP contribution in [-0.2, 0) is 0 Å². The van der Waals surface area contributed by atoms with Gasteiger partial charge in [-0.15, -0.1) is 0 Å². The molecule has 1 saturated carbocycles. The van der Waals surface area contributed by atoms with Crippen molar-refractivity contribution in [2.45, 2.75) is 57.5 Å². The zero-order chi connectivity index (χ0) is 10.2. The molecule has 0 aromatic heterocycles. The van der Waals surface area contributed by atoms with Gasteiger partial charge in [0.15, 0.2) is 0 Å². The molecule has 2 fully saturated rings. The van der Waals surface area contributed by atoms with Crippen LogP contribution in [0.25, 0.3) is 0 Å². The van der Waals surface area contributed by atoms with E-state index in [9.17, 15) is 0 Å². The summed E-state index contributed by atoms with van der Waals surface area (Å²) in [5, 5.41) is 3.81. The molecule has 0 amide bonds. The Morgan fingerprint density at radius 2 is 1.86 bits per heavy atom. The predicted molar refractivity (Wildman–Crippen MR) is 60.5 cm³/mol. The Morgan fingerprint density at radius 1 is 1.21 bits per heavy atom. The van der Waals surface area contributed by atoms with Crippen molar-refractivity contribution >= 4 is 0 Å². The molecule has 0 aromatic carbocycles. The zero-order valence-corrected chi connectivity index (χ0v) is 9.90. The average molecular weight is 196 g/mol. The normalized spacial score (nSPS) is 31.1. The summed E-state index contributed by atoms with van der Waals surface area (Å²) >= 11 is 0. The van der Waals surface area contributed by atoms with Gasteiger partial charge in [-0.3, -0.25) is 4.90 Å². The number of piperazine rings is 1. The highest BCUT2D eigenvalue weighted by Gasteiger charge is 2.43. The topological polar surface area (TPSA) is 15.3 Å². The van der Waals surface area contributed by atoms with Gasteiger partial charge in [-0.1, -0.05) is 19.8 Å². The molecule has 1 saturated heterocycles. The molecular formula is C12H24N2. The maximum Gasteiger partial charge on any atom is 0.0309 e. The van der Waals surface area contributed by atoms with E-state index < -0.39 is 0 Å². The third-order valence-electron chi connectivity index (χ3n) is 4.19. The highest BCUT2D eigenvalue weighted by Crippen LogP contribution is 2.35. The first-order chi connectivity index (χ1) is 6.58. The van der Waals surface area contributed by atoms with Gasteiger partial charge >= 0.3 is 0 Å². The molecule has 0 bridgehead atoms. The molecular weight excluding hydrogens is 172 g/mol. The lowest BCUT2D eigenvalue weighted by Crippen LogP contribution is -2.67. The fourth-order valence-electron chi connectivity index (χ4n) is 3.08. The smallest absolute Gasteiger partial charge is 0.0309 e. The van der Waals surface area contributed by atoms with Crippen LogP contribution in [-0.4, -0.2) is 35.6 Å². The van der Waals surface area contributed by atoms with E-state index in [1.165, 1.54) is 38.8 Å². The lowest BCUT2D eigenvalue weighted by molar-refractivity contribution is 0.0330. The van der Waals surface area contributed by atoms with Crippen LogP contribution in [0.1, 0.15) is 46.5 Å². The second-order valence-corrected chi connectivity index (χ2v) is 5.67. The van der Waals surface area contributed by atoms with Gasteiger partial charge in [-0.2, -0.15) is 0 Å². The number of rotatable bonds is 1. The molecule has 2 aliphatic rings. The Balaban J connectivity index is 2.08. The van der Waals surface area contributed by atoms with Gasteiger partial charge in [0.05, 0.1) is 0 Å². The second kappa shape index (κ2) is 3.49. The third-order valence-corrected chi connectivity index (χ3v) is 4.19. The quantitative estimate of drug-likeness (QED) is 0.690. The lowest BCUT2D eigenvalue weighted by Gasteiger charge is -2.50. The first-order valence-corrected chi connectivity index (χ1v) is 6.08. The highest BCUT2D eigenvalue weighted by atomic mass is 15.3. The SMILES string of the molecule is CCN1CC2(CCCC2)NCC1(C)C. The standard InChI is InChI=1S/C12H24N2/c1-4-14-10-12(7-5-6-8-12)13-9-11(14,2)3/h13H,4-10H2,1-3H3. The van der Waals surface area contributed by atoms with Crippen LogP contribution in [0.2, 0.25) is 0 Å². The molecule has 14 heavy (non-hydrogen) atoms. The number of hydrogen-bond acceptors (Lipinski definition) is 2. The summed E-state index contributed by atoms with van der Waals surface area (Å²) in [7, 11) is 0. The van der Waals surface area contributed by atoms with Gasteiger partial charge in [0, 0.05) is 24.2 Å². The summed E-state index contributed by atoms with van der Waals surface area (Å²) < 4.78 is 0. The number of nitrogens with one attached hydrogen (secondary N) is 1. The summed E-state index contributed by atoms with van der Waals surface area (Å²) in [5.74, 6) is 0. The lowest BCUT2D eigenvalue weighted by atomic mass is 9.87. The van der Waals surface area contributed by atoms with Crippen LogP contribution >= 0.6 is 0 Å². The van der Waals surface area contributed by atoms with E-state index in [2.05, 4.69) is 31.0 Å². The van der Waals surface area contributed by atoms with Crippen LogP contribution in [0, 0.1) is 0 Å². The van der Waals surface area contributed by atoms with Gasteiger partial charge in [-0.05, 0) is 33.2 Å². The van der Waals surface area contributed by atoms with E-state index in [4.69, 9.17) is 0 Å². The number of nitrogens with zero attached hydrogens (tertiary/aromatic N) is 1. The Labute approximate surface area is 88.1 Å². The van der Waals surface area contributed by atoms with Crippen LogP contribution < -0.4 is 5.32 Å². The summed E-state index contributed by atoms with van der Waals surface area (Å²) in [6.45, 7) is 10.6. The first-order valence-electron chi connectivity index (χ1n) is 6.08. The van der Waals surface area contributed by atoms with Crippen LogP contribution in [0.4, 0.5) is 0 Å². The Hall–Kier alpha value is -0.0800. The van der Waals surface area contributed by atoms with E-state index in [0.29, 0.717) is 11.1 Å². The van der Waals surface area contributed by atoms with Crippen LogP contribution in [0.3, 0.4) is 0 Å². The van der Waals surface area contributed by atoms with Crippen molar-refractivity contribution < 1.29 is 0 Å². The summed E-state index contributed by atoms with van der Waals surface area (Å²) in [6, 6.07) is 0. The minimum atomic E-state index is 0.350. The Bertz CT molecular complexity index is 204. The van der Waals surface area contributed by atoms with Gasteiger partial charge in [-0.25, -0.2) is 0 Å².